The molecule has 2 heterocycles. The van der Waals surface area contributed by atoms with Gasteiger partial charge < -0.3 is 13.9 Å². The highest BCUT2D eigenvalue weighted by Gasteiger charge is 2.20. The number of rotatable bonds is 9. The summed E-state index contributed by atoms with van der Waals surface area (Å²) in [6.45, 7) is 3.96. The summed E-state index contributed by atoms with van der Waals surface area (Å²) in [4.78, 5) is 2.37. The number of hydrogen-bond donors (Lipinski definition) is 0. The summed E-state index contributed by atoms with van der Waals surface area (Å²) in [6.07, 6.45) is 8.10. The first-order chi connectivity index (χ1) is 32.2. The molecular formula is C62H42N2O. The topological polar surface area (TPSA) is 21.3 Å². The van der Waals surface area contributed by atoms with Crippen molar-refractivity contribution in [3.05, 3.63) is 255 Å². The molecule has 0 saturated carbocycles. The summed E-state index contributed by atoms with van der Waals surface area (Å²) < 4.78 is 8.94. The third-order valence-electron chi connectivity index (χ3n) is 12.8. The summed E-state index contributed by atoms with van der Waals surface area (Å²) in [5, 5.41) is 9.60. The van der Waals surface area contributed by atoms with Crippen LogP contribution in [0.15, 0.2) is 254 Å². The van der Waals surface area contributed by atoms with E-state index >= 15 is 0 Å². The lowest BCUT2D eigenvalue weighted by Crippen LogP contribution is -2.10. The smallest absolute Gasteiger partial charge is 0.143 e. The van der Waals surface area contributed by atoms with Crippen molar-refractivity contribution in [1.29, 1.82) is 0 Å². The van der Waals surface area contributed by atoms with Crippen LogP contribution in [0.4, 0.5) is 17.1 Å². The lowest BCUT2D eigenvalue weighted by Gasteiger charge is -2.27. The molecule has 65 heavy (non-hydrogen) atoms. The molecule has 0 radical (unpaired) electrons. The van der Waals surface area contributed by atoms with E-state index in [1.54, 1.807) is 0 Å². The summed E-state index contributed by atoms with van der Waals surface area (Å²) in [5.41, 5.74) is 13.9. The van der Waals surface area contributed by atoms with E-state index < -0.39 is 0 Å². The predicted octanol–water partition coefficient (Wildman–Crippen LogP) is 17.4. The zero-order valence-corrected chi connectivity index (χ0v) is 35.6. The van der Waals surface area contributed by atoms with Gasteiger partial charge in [0, 0.05) is 49.7 Å². The average Bonchev–Trinajstić information content (AvgIpc) is 3.92. The van der Waals surface area contributed by atoms with Gasteiger partial charge in [0.1, 0.15) is 11.2 Å². The standard InChI is InChI=1S/C62H42N2O/c1-2-3-4-28-58(64-59-29-12-9-23-54(59)55-24-10-13-30-60(55)64)53-22-8-7-21-50(53)43-34-36-46(37-35-43)63(48-38-39-51-45(41-48)33-32-42-17-5-6-20-49(42)51)47-19-15-18-44(40-47)52-26-16-27-57-56-25-11-14-31-61(56)65-62(52)57/h2-41H,1H2/b4-3-,58-28-. The molecule has 0 aliphatic rings. The first-order valence-corrected chi connectivity index (χ1v) is 22.1. The molecule has 0 atom stereocenters. The van der Waals surface area contributed by atoms with Crippen LogP contribution in [0.1, 0.15) is 5.56 Å². The second kappa shape index (κ2) is 15.9. The van der Waals surface area contributed by atoms with Crippen molar-refractivity contribution in [3.63, 3.8) is 0 Å². The van der Waals surface area contributed by atoms with Gasteiger partial charge in [-0.05, 0) is 98.9 Å². The number of hydrogen-bond acceptors (Lipinski definition) is 2. The lowest BCUT2D eigenvalue weighted by atomic mass is 9.96. The molecule has 0 fully saturated rings. The number of aromatic nitrogens is 1. The molecule has 12 aromatic rings. The molecule has 0 spiro atoms. The van der Waals surface area contributed by atoms with E-state index in [0.717, 1.165) is 83.5 Å². The summed E-state index contributed by atoms with van der Waals surface area (Å²) >= 11 is 0. The molecule has 10 aromatic carbocycles. The van der Waals surface area contributed by atoms with Crippen molar-refractivity contribution >= 4 is 88.0 Å². The highest BCUT2D eigenvalue weighted by atomic mass is 16.3. The van der Waals surface area contributed by atoms with Crippen LogP contribution in [0.5, 0.6) is 0 Å². The number of furan rings is 1. The Kier molecular flexibility index (Phi) is 9.31. The minimum Gasteiger partial charge on any atom is -0.455 e. The first kappa shape index (κ1) is 38.0. The van der Waals surface area contributed by atoms with Gasteiger partial charge in [-0.15, -0.1) is 0 Å². The van der Waals surface area contributed by atoms with E-state index in [1.165, 1.54) is 32.3 Å². The van der Waals surface area contributed by atoms with Crippen LogP contribution in [0.2, 0.25) is 0 Å². The monoisotopic (exact) mass is 830 g/mol. The largest absolute Gasteiger partial charge is 0.455 e. The minimum atomic E-state index is 0.893. The number of allylic oxidation sites excluding steroid dienone is 4. The molecule has 2 aromatic heterocycles. The van der Waals surface area contributed by atoms with Crippen LogP contribution in [0.25, 0.3) is 93.2 Å². The number of para-hydroxylation sites is 4. The minimum absolute atomic E-state index is 0.893. The maximum Gasteiger partial charge on any atom is 0.143 e. The van der Waals surface area contributed by atoms with Crippen molar-refractivity contribution in [2.45, 2.75) is 0 Å². The highest BCUT2D eigenvalue weighted by molar-refractivity contribution is 6.12. The number of nitrogens with zero attached hydrogens (tertiary/aromatic N) is 2. The molecular weight excluding hydrogens is 789 g/mol. The Morgan fingerprint density at radius 2 is 1.05 bits per heavy atom. The molecule has 0 aliphatic heterocycles. The van der Waals surface area contributed by atoms with Crippen molar-refractivity contribution < 1.29 is 4.42 Å². The zero-order valence-electron chi connectivity index (χ0n) is 35.6. The van der Waals surface area contributed by atoms with Gasteiger partial charge in [0.05, 0.1) is 16.7 Å². The molecule has 0 saturated heterocycles. The van der Waals surface area contributed by atoms with Gasteiger partial charge in [-0.25, -0.2) is 0 Å². The normalized spacial score (nSPS) is 12.1. The van der Waals surface area contributed by atoms with Gasteiger partial charge in [0.25, 0.3) is 0 Å². The lowest BCUT2D eigenvalue weighted by molar-refractivity contribution is 0.670. The van der Waals surface area contributed by atoms with E-state index in [-0.39, 0.29) is 0 Å². The third kappa shape index (κ3) is 6.52. The number of anilines is 3. The number of benzene rings is 10. The van der Waals surface area contributed by atoms with E-state index in [0.29, 0.717) is 0 Å². The summed E-state index contributed by atoms with van der Waals surface area (Å²) in [7, 11) is 0. The van der Waals surface area contributed by atoms with Gasteiger partial charge in [0.2, 0.25) is 0 Å². The SMILES string of the molecule is C=C/C=C\C=C(\c1ccccc1-c1ccc(N(c2cccc(-c3cccc4c3oc3ccccc34)c2)c2ccc3c(ccc4ccccc43)c2)cc1)n1c2ccccc2c2ccccc21. The van der Waals surface area contributed by atoms with Crippen molar-refractivity contribution in [2.75, 3.05) is 4.90 Å². The Hall–Kier alpha value is -8.66. The van der Waals surface area contributed by atoms with Crippen LogP contribution < -0.4 is 4.90 Å². The second-order valence-electron chi connectivity index (χ2n) is 16.5. The molecule has 0 N–H and O–H groups in total. The van der Waals surface area contributed by atoms with Crippen molar-refractivity contribution in [2.24, 2.45) is 0 Å². The van der Waals surface area contributed by atoms with E-state index in [9.17, 15) is 0 Å². The predicted molar refractivity (Wildman–Crippen MR) is 276 cm³/mol. The maximum atomic E-state index is 6.54. The van der Waals surface area contributed by atoms with E-state index in [2.05, 4.69) is 234 Å². The summed E-state index contributed by atoms with van der Waals surface area (Å²) in [5.74, 6) is 0. The van der Waals surface area contributed by atoms with Crippen LogP contribution in [0, 0.1) is 0 Å². The van der Waals surface area contributed by atoms with Crippen molar-refractivity contribution in [1.82, 2.24) is 4.57 Å². The molecule has 12 rings (SSSR count). The molecule has 3 nitrogen and oxygen atoms in total. The van der Waals surface area contributed by atoms with Gasteiger partial charge in [-0.3, -0.25) is 0 Å². The molecule has 0 aliphatic carbocycles. The molecule has 3 heteroatoms. The van der Waals surface area contributed by atoms with Gasteiger partial charge in [-0.2, -0.15) is 0 Å². The van der Waals surface area contributed by atoms with Crippen LogP contribution in [-0.4, -0.2) is 4.57 Å². The molecule has 0 amide bonds. The second-order valence-corrected chi connectivity index (χ2v) is 16.5. The first-order valence-electron chi connectivity index (χ1n) is 22.1. The summed E-state index contributed by atoms with van der Waals surface area (Å²) in [6, 6.07) is 78.6. The fourth-order valence-corrected chi connectivity index (χ4v) is 9.81. The van der Waals surface area contributed by atoms with Crippen LogP contribution in [-0.2, 0) is 0 Å². The van der Waals surface area contributed by atoms with Crippen LogP contribution >= 0.6 is 0 Å². The average molecular weight is 831 g/mol. The fourth-order valence-electron chi connectivity index (χ4n) is 9.81. The fraction of sp³-hybridized carbons (Fsp3) is 0. The Balaban J connectivity index is 1.01. The van der Waals surface area contributed by atoms with Crippen molar-refractivity contribution in [3.8, 4) is 22.3 Å². The van der Waals surface area contributed by atoms with E-state index in [4.69, 9.17) is 4.42 Å². The van der Waals surface area contributed by atoms with Crippen LogP contribution in [0.3, 0.4) is 0 Å². The zero-order chi connectivity index (χ0) is 43.3. The quantitative estimate of drug-likeness (QED) is 0.107. The highest BCUT2D eigenvalue weighted by Crippen LogP contribution is 2.43. The molecule has 0 bridgehead atoms. The Labute approximate surface area is 377 Å². The van der Waals surface area contributed by atoms with Gasteiger partial charge >= 0.3 is 0 Å². The molecule has 0 unspecified atom stereocenters. The van der Waals surface area contributed by atoms with Gasteiger partial charge in [0.15, 0.2) is 0 Å². The van der Waals surface area contributed by atoms with Gasteiger partial charge in [-0.1, -0.05) is 189 Å². The number of fused-ring (bicyclic) bond motifs is 9. The molecule has 306 valence electrons. The Morgan fingerprint density at radius 3 is 1.86 bits per heavy atom. The Bertz CT molecular complexity index is 3810. The maximum absolute atomic E-state index is 6.54. The van der Waals surface area contributed by atoms with E-state index in [1.807, 2.05) is 24.3 Å². The third-order valence-corrected chi connectivity index (χ3v) is 12.8. The Morgan fingerprint density at radius 1 is 0.431 bits per heavy atom.